The summed E-state index contributed by atoms with van der Waals surface area (Å²) in [7, 11) is 0. The molecule has 0 atom stereocenters. The molecule has 1 aromatic carbocycles. The minimum absolute atomic E-state index is 0.215. The highest BCUT2D eigenvalue weighted by molar-refractivity contribution is 7.13. The van der Waals surface area contributed by atoms with Crippen molar-refractivity contribution in [1.29, 1.82) is 0 Å². The zero-order valence-electron chi connectivity index (χ0n) is 16.5. The van der Waals surface area contributed by atoms with Crippen LogP contribution in [-0.2, 0) is 4.74 Å². The Kier molecular flexibility index (Phi) is 5.06. The number of carbonyl (C=O) groups excluding carboxylic acids is 1. The van der Waals surface area contributed by atoms with E-state index >= 15 is 0 Å². The maximum absolute atomic E-state index is 12.3. The van der Waals surface area contributed by atoms with Gasteiger partial charge in [0, 0.05) is 41.5 Å². The smallest absolute Gasteiger partial charge is 0.410 e. The predicted molar refractivity (Wildman–Crippen MR) is 113 cm³/mol. The second kappa shape index (κ2) is 7.51. The molecule has 6 heteroatoms. The standard InChI is InChI=1S/C22H25N3O2S/c1-22(2,3)27-21(26)25-12-9-15(10-13-25)19-14-28-20(24-19)17-8-11-23-18-7-5-4-6-16(17)18/h4-8,11,14-15H,9-10,12-13H2,1-3H3. The van der Waals surface area contributed by atoms with Crippen molar-refractivity contribution in [3.8, 4) is 10.6 Å². The molecule has 3 aromatic rings. The van der Waals surface area contributed by atoms with Crippen LogP contribution in [0.15, 0.2) is 41.9 Å². The number of thiazole rings is 1. The normalized spacial score (nSPS) is 15.8. The molecule has 146 valence electrons. The van der Waals surface area contributed by atoms with Gasteiger partial charge in [-0.05, 0) is 45.7 Å². The molecule has 1 aliphatic rings. The Morgan fingerprint density at radius 3 is 2.68 bits per heavy atom. The number of para-hydroxylation sites is 1. The average molecular weight is 396 g/mol. The maximum atomic E-state index is 12.3. The molecule has 1 aliphatic heterocycles. The summed E-state index contributed by atoms with van der Waals surface area (Å²) in [6, 6.07) is 10.2. The van der Waals surface area contributed by atoms with Crippen LogP contribution in [0.3, 0.4) is 0 Å². The zero-order chi connectivity index (χ0) is 19.7. The third kappa shape index (κ3) is 4.02. The van der Waals surface area contributed by atoms with Crippen molar-refractivity contribution in [2.75, 3.05) is 13.1 Å². The summed E-state index contributed by atoms with van der Waals surface area (Å²) in [5.74, 6) is 0.386. The van der Waals surface area contributed by atoms with Crippen molar-refractivity contribution >= 4 is 28.3 Å². The number of benzene rings is 1. The largest absolute Gasteiger partial charge is 0.444 e. The first-order valence-corrected chi connectivity index (χ1v) is 10.6. The monoisotopic (exact) mass is 395 g/mol. The Morgan fingerprint density at radius 2 is 1.93 bits per heavy atom. The summed E-state index contributed by atoms with van der Waals surface area (Å²) in [5.41, 5.74) is 2.80. The van der Waals surface area contributed by atoms with E-state index in [0.717, 1.165) is 40.0 Å². The summed E-state index contributed by atoms with van der Waals surface area (Å²) in [4.78, 5) is 23.4. The van der Waals surface area contributed by atoms with Crippen molar-refractivity contribution in [3.05, 3.63) is 47.6 Å². The molecule has 1 saturated heterocycles. The van der Waals surface area contributed by atoms with E-state index in [1.165, 1.54) is 0 Å². The molecule has 0 radical (unpaired) electrons. The molecule has 28 heavy (non-hydrogen) atoms. The van der Waals surface area contributed by atoms with Crippen LogP contribution in [-0.4, -0.2) is 39.7 Å². The molecule has 0 N–H and O–H groups in total. The van der Waals surface area contributed by atoms with Gasteiger partial charge in [-0.3, -0.25) is 4.98 Å². The van der Waals surface area contributed by atoms with Gasteiger partial charge in [-0.15, -0.1) is 11.3 Å². The van der Waals surface area contributed by atoms with Crippen LogP contribution in [0, 0.1) is 0 Å². The van der Waals surface area contributed by atoms with Crippen LogP contribution >= 0.6 is 11.3 Å². The summed E-state index contributed by atoms with van der Waals surface area (Å²) in [6.45, 7) is 7.13. The van der Waals surface area contributed by atoms with Gasteiger partial charge in [0.2, 0.25) is 0 Å². The number of rotatable bonds is 2. The van der Waals surface area contributed by atoms with Gasteiger partial charge in [-0.25, -0.2) is 9.78 Å². The average Bonchev–Trinajstić information content (AvgIpc) is 3.16. The van der Waals surface area contributed by atoms with E-state index in [0.29, 0.717) is 19.0 Å². The minimum atomic E-state index is -0.453. The first-order chi connectivity index (χ1) is 13.4. The van der Waals surface area contributed by atoms with Crippen molar-refractivity contribution in [1.82, 2.24) is 14.9 Å². The van der Waals surface area contributed by atoms with Gasteiger partial charge in [-0.1, -0.05) is 18.2 Å². The molecule has 0 saturated carbocycles. The SMILES string of the molecule is CC(C)(C)OC(=O)N1CCC(c2csc(-c3ccnc4ccccc34)n2)CC1. The van der Waals surface area contributed by atoms with Gasteiger partial charge in [0.25, 0.3) is 0 Å². The molecule has 4 rings (SSSR count). The number of pyridine rings is 1. The number of piperidine rings is 1. The summed E-state index contributed by atoms with van der Waals surface area (Å²) < 4.78 is 5.49. The second-order valence-electron chi connectivity index (χ2n) is 8.19. The number of amides is 1. The van der Waals surface area contributed by atoms with Gasteiger partial charge in [0.1, 0.15) is 10.6 Å². The van der Waals surface area contributed by atoms with Crippen molar-refractivity contribution in [2.45, 2.75) is 45.1 Å². The Balaban J connectivity index is 1.47. The zero-order valence-corrected chi connectivity index (χ0v) is 17.3. The second-order valence-corrected chi connectivity index (χ2v) is 9.05. The Labute approximate surface area is 169 Å². The number of hydrogen-bond acceptors (Lipinski definition) is 5. The van der Waals surface area contributed by atoms with E-state index in [-0.39, 0.29) is 6.09 Å². The van der Waals surface area contributed by atoms with E-state index in [1.54, 1.807) is 11.3 Å². The van der Waals surface area contributed by atoms with Crippen molar-refractivity contribution < 1.29 is 9.53 Å². The first-order valence-electron chi connectivity index (χ1n) is 9.68. The van der Waals surface area contributed by atoms with E-state index in [2.05, 4.69) is 16.4 Å². The molecular formula is C22H25N3O2S. The summed E-state index contributed by atoms with van der Waals surface area (Å²) in [5, 5.41) is 4.33. The van der Waals surface area contributed by atoms with Gasteiger partial charge >= 0.3 is 6.09 Å². The van der Waals surface area contributed by atoms with Gasteiger partial charge in [0.15, 0.2) is 0 Å². The molecule has 1 fully saturated rings. The molecule has 0 bridgehead atoms. The van der Waals surface area contributed by atoms with Crippen LogP contribution in [0.4, 0.5) is 4.79 Å². The van der Waals surface area contributed by atoms with Crippen LogP contribution < -0.4 is 0 Å². The van der Waals surface area contributed by atoms with Crippen molar-refractivity contribution in [2.24, 2.45) is 0 Å². The van der Waals surface area contributed by atoms with E-state index in [4.69, 9.17) is 9.72 Å². The minimum Gasteiger partial charge on any atom is -0.444 e. The lowest BCUT2D eigenvalue weighted by Gasteiger charge is -2.32. The fraction of sp³-hybridized carbons (Fsp3) is 0.409. The Bertz CT molecular complexity index is 979. The number of fused-ring (bicyclic) bond motifs is 1. The van der Waals surface area contributed by atoms with Crippen LogP contribution in [0.25, 0.3) is 21.5 Å². The third-order valence-corrected chi connectivity index (χ3v) is 5.86. The molecule has 3 heterocycles. The highest BCUT2D eigenvalue weighted by Crippen LogP contribution is 2.35. The lowest BCUT2D eigenvalue weighted by Crippen LogP contribution is -2.41. The third-order valence-electron chi connectivity index (χ3n) is 4.97. The molecule has 2 aromatic heterocycles. The van der Waals surface area contributed by atoms with Crippen LogP contribution in [0.2, 0.25) is 0 Å². The fourth-order valence-electron chi connectivity index (χ4n) is 3.56. The lowest BCUT2D eigenvalue weighted by molar-refractivity contribution is 0.0204. The predicted octanol–water partition coefficient (Wildman–Crippen LogP) is 5.47. The van der Waals surface area contributed by atoms with Crippen molar-refractivity contribution in [3.63, 3.8) is 0 Å². The van der Waals surface area contributed by atoms with Gasteiger partial charge in [-0.2, -0.15) is 0 Å². The topological polar surface area (TPSA) is 55.3 Å². The molecule has 0 unspecified atom stereocenters. The van der Waals surface area contributed by atoms with Gasteiger partial charge < -0.3 is 9.64 Å². The maximum Gasteiger partial charge on any atom is 0.410 e. The molecular weight excluding hydrogens is 370 g/mol. The number of carbonyl (C=O) groups is 1. The molecule has 0 spiro atoms. The number of ether oxygens (including phenoxy) is 1. The highest BCUT2D eigenvalue weighted by atomic mass is 32.1. The number of aromatic nitrogens is 2. The molecule has 5 nitrogen and oxygen atoms in total. The quantitative estimate of drug-likeness (QED) is 0.577. The van der Waals surface area contributed by atoms with E-state index in [9.17, 15) is 4.79 Å². The fourth-order valence-corrected chi connectivity index (χ4v) is 4.50. The lowest BCUT2D eigenvalue weighted by atomic mass is 9.94. The number of likely N-dealkylation sites (tertiary alicyclic amines) is 1. The van der Waals surface area contributed by atoms with Crippen LogP contribution in [0.1, 0.15) is 45.2 Å². The Morgan fingerprint density at radius 1 is 1.18 bits per heavy atom. The first kappa shape index (κ1) is 18.9. The summed E-state index contributed by atoms with van der Waals surface area (Å²) >= 11 is 1.68. The number of hydrogen-bond donors (Lipinski definition) is 0. The molecule has 0 aliphatic carbocycles. The number of nitrogens with zero attached hydrogens (tertiary/aromatic N) is 3. The molecule has 1 amide bonds. The van der Waals surface area contributed by atoms with E-state index < -0.39 is 5.60 Å². The summed E-state index contributed by atoms with van der Waals surface area (Å²) in [6.07, 6.45) is 3.46. The van der Waals surface area contributed by atoms with Gasteiger partial charge in [0.05, 0.1) is 11.2 Å². The highest BCUT2D eigenvalue weighted by Gasteiger charge is 2.28. The van der Waals surface area contributed by atoms with E-state index in [1.807, 2.05) is 56.1 Å². The van der Waals surface area contributed by atoms with Crippen LogP contribution in [0.5, 0.6) is 0 Å². The Hall–Kier alpha value is -2.47.